The van der Waals surface area contributed by atoms with E-state index in [1.807, 2.05) is 11.3 Å². The Balaban J connectivity index is 2.18. The van der Waals surface area contributed by atoms with Gasteiger partial charge in [0, 0.05) is 21.7 Å². The Morgan fingerprint density at radius 3 is 2.62 bits per heavy atom. The zero-order chi connectivity index (χ0) is 11.4. The summed E-state index contributed by atoms with van der Waals surface area (Å²) in [5.74, 6) is 0. The number of hydrogen-bond donors (Lipinski definition) is 1. The van der Waals surface area contributed by atoms with E-state index in [-0.39, 0.29) is 0 Å². The SMILES string of the molecule is CCCc1ccc(C2(CN)CCCCC2)s1. The van der Waals surface area contributed by atoms with E-state index in [9.17, 15) is 0 Å². The van der Waals surface area contributed by atoms with E-state index in [1.54, 1.807) is 4.88 Å². The van der Waals surface area contributed by atoms with Gasteiger partial charge < -0.3 is 5.73 Å². The molecular formula is C14H23NS. The maximum atomic E-state index is 6.06. The molecular weight excluding hydrogens is 214 g/mol. The molecule has 1 heterocycles. The van der Waals surface area contributed by atoms with Crippen molar-refractivity contribution in [1.29, 1.82) is 0 Å². The first-order chi connectivity index (χ1) is 7.80. The van der Waals surface area contributed by atoms with Crippen LogP contribution in [0.3, 0.4) is 0 Å². The molecule has 0 spiro atoms. The van der Waals surface area contributed by atoms with Gasteiger partial charge in [0.1, 0.15) is 0 Å². The highest BCUT2D eigenvalue weighted by Crippen LogP contribution is 2.41. The molecule has 1 aromatic rings. The van der Waals surface area contributed by atoms with Crippen molar-refractivity contribution in [1.82, 2.24) is 0 Å². The first kappa shape index (κ1) is 12.1. The average Bonchev–Trinajstić information content (AvgIpc) is 2.80. The average molecular weight is 237 g/mol. The maximum absolute atomic E-state index is 6.06. The van der Waals surface area contributed by atoms with Gasteiger partial charge in [0.05, 0.1) is 0 Å². The summed E-state index contributed by atoms with van der Waals surface area (Å²) in [4.78, 5) is 3.09. The van der Waals surface area contributed by atoms with Gasteiger partial charge in [0.25, 0.3) is 0 Å². The molecule has 16 heavy (non-hydrogen) atoms. The lowest BCUT2D eigenvalue weighted by Crippen LogP contribution is -2.36. The van der Waals surface area contributed by atoms with Crippen LogP contribution in [0, 0.1) is 0 Å². The Morgan fingerprint density at radius 2 is 2.00 bits per heavy atom. The largest absolute Gasteiger partial charge is 0.330 e. The molecule has 1 nitrogen and oxygen atoms in total. The summed E-state index contributed by atoms with van der Waals surface area (Å²) in [7, 11) is 0. The fraction of sp³-hybridized carbons (Fsp3) is 0.714. The molecule has 0 bridgehead atoms. The van der Waals surface area contributed by atoms with Crippen LogP contribution in [0.25, 0.3) is 0 Å². The van der Waals surface area contributed by atoms with Crippen LogP contribution in [0.5, 0.6) is 0 Å². The lowest BCUT2D eigenvalue weighted by molar-refractivity contribution is 0.306. The third-order valence-electron chi connectivity index (χ3n) is 3.88. The number of rotatable bonds is 4. The van der Waals surface area contributed by atoms with Crippen molar-refractivity contribution in [2.75, 3.05) is 6.54 Å². The molecule has 1 aliphatic rings. The molecule has 90 valence electrons. The minimum absolute atomic E-state index is 0.328. The van der Waals surface area contributed by atoms with Gasteiger partial charge in [-0.3, -0.25) is 0 Å². The molecule has 0 saturated heterocycles. The fourth-order valence-corrected chi connectivity index (χ4v) is 4.19. The Hall–Kier alpha value is -0.340. The van der Waals surface area contributed by atoms with Crippen LogP contribution in [0.4, 0.5) is 0 Å². The van der Waals surface area contributed by atoms with Crippen LogP contribution in [0.2, 0.25) is 0 Å². The lowest BCUT2D eigenvalue weighted by Gasteiger charge is -2.35. The molecule has 1 saturated carbocycles. The first-order valence-corrected chi connectivity index (χ1v) is 7.41. The van der Waals surface area contributed by atoms with E-state index in [1.165, 1.54) is 49.8 Å². The zero-order valence-electron chi connectivity index (χ0n) is 10.3. The number of hydrogen-bond acceptors (Lipinski definition) is 2. The van der Waals surface area contributed by atoms with Gasteiger partial charge >= 0.3 is 0 Å². The molecule has 2 heteroatoms. The summed E-state index contributed by atoms with van der Waals surface area (Å²) in [6.07, 6.45) is 9.19. The molecule has 0 aliphatic heterocycles. The van der Waals surface area contributed by atoms with Gasteiger partial charge in [-0.15, -0.1) is 11.3 Å². The van der Waals surface area contributed by atoms with Crippen molar-refractivity contribution in [2.45, 2.75) is 57.3 Å². The predicted octanol–water partition coefficient (Wildman–Crippen LogP) is 3.86. The van der Waals surface area contributed by atoms with Crippen molar-refractivity contribution >= 4 is 11.3 Å². The van der Waals surface area contributed by atoms with E-state index >= 15 is 0 Å². The summed E-state index contributed by atoms with van der Waals surface area (Å²) in [5.41, 5.74) is 6.39. The highest BCUT2D eigenvalue weighted by atomic mass is 32.1. The quantitative estimate of drug-likeness (QED) is 0.845. The van der Waals surface area contributed by atoms with Crippen LogP contribution < -0.4 is 5.73 Å². The second-order valence-electron chi connectivity index (χ2n) is 5.06. The van der Waals surface area contributed by atoms with Crippen LogP contribution in [0.15, 0.2) is 12.1 Å². The van der Waals surface area contributed by atoms with Gasteiger partial charge in [-0.1, -0.05) is 32.6 Å². The van der Waals surface area contributed by atoms with E-state index < -0.39 is 0 Å². The smallest absolute Gasteiger partial charge is 0.0169 e. The van der Waals surface area contributed by atoms with E-state index in [4.69, 9.17) is 5.73 Å². The van der Waals surface area contributed by atoms with Crippen molar-refractivity contribution in [2.24, 2.45) is 5.73 Å². The van der Waals surface area contributed by atoms with Gasteiger partial charge in [0.2, 0.25) is 0 Å². The highest BCUT2D eigenvalue weighted by Gasteiger charge is 2.33. The Labute approximate surface area is 103 Å². The van der Waals surface area contributed by atoms with E-state index in [0.29, 0.717) is 5.41 Å². The minimum Gasteiger partial charge on any atom is -0.330 e. The van der Waals surface area contributed by atoms with Crippen LogP contribution in [0.1, 0.15) is 55.2 Å². The second-order valence-corrected chi connectivity index (χ2v) is 6.23. The lowest BCUT2D eigenvalue weighted by atomic mass is 9.73. The van der Waals surface area contributed by atoms with Gasteiger partial charge in [-0.2, -0.15) is 0 Å². The molecule has 2 N–H and O–H groups in total. The molecule has 2 rings (SSSR count). The summed E-state index contributed by atoms with van der Waals surface area (Å²) in [6.45, 7) is 3.08. The number of aryl methyl sites for hydroxylation is 1. The summed E-state index contributed by atoms with van der Waals surface area (Å²) >= 11 is 2.01. The van der Waals surface area contributed by atoms with Crippen LogP contribution in [-0.2, 0) is 11.8 Å². The fourth-order valence-electron chi connectivity index (χ4n) is 2.82. The van der Waals surface area contributed by atoms with Gasteiger partial charge in [-0.25, -0.2) is 0 Å². The van der Waals surface area contributed by atoms with Gasteiger partial charge in [-0.05, 0) is 31.4 Å². The Bertz CT molecular complexity index is 323. The van der Waals surface area contributed by atoms with E-state index in [2.05, 4.69) is 19.1 Å². The highest BCUT2D eigenvalue weighted by molar-refractivity contribution is 7.12. The third kappa shape index (κ3) is 2.33. The maximum Gasteiger partial charge on any atom is 0.0169 e. The first-order valence-electron chi connectivity index (χ1n) is 6.60. The molecule has 0 aromatic carbocycles. The standard InChI is InChI=1S/C14H23NS/c1-2-6-12-7-8-13(16-12)14(11-15)9-4-3-5-10-14/h7-8H,2-6,9-11,15H2,1H3. The van der Waals surface area contributed by atoms with Crippen molar-refractivity contribution in [3.05, 3.63) is 21.9 Å². The molecule has 0 radical (unpaired) electrons. The molecule has 0 unspecified atom stereocenters. The predicted molar refractivity (Wildman–Crippen MR) is 72.1 cm³/mol. The van der Waals surface area contributed by atoms with E-state index in [0.717, 1.165) is 6.54 Å². The zero-order valence-corrected chi connectivity index (χ0v) is 11.1. The summed E-state index contributed by atoms with van der Waals surface area (Å²) < 4.78 is 0. The van der Waals surface area contributed by atoms with Crippen molar-refractivity contribution < 1.29 is 0 Å². The monoisotopic (exact) mass is 237 g/mol. The molecule has 0 amide bonds. The normalized spacial score (nSPS) is 19.9. The Kier molecular flexibility index (Phi) is 4.04. The van der Waals surface area contributed by atoms with Crippen molar-refractivity contribution in [3.8, 4) is 0 Å². The Morgan fingerprint density at radius 1 is 1.25 bits per heavy atom. The van der Waals surface area contributed by atoms with Crippen LogP contribution in [-0.4, -0.2) is 6.54 Å². The molecule has 1 aliphatic carbocycles. The third-order valence-corrected chi connectivity index (χ3v) is 5.27. The molecule has 1 aromatic heterocycles. The second kappa shape index (κ2) is 5.33. The summed E-state index contributed by atoms with van der Waals surface area (Å²) in [5, 5.41) is 0. The van der Waals surface area contributed by atoms with Crippen molar-refractivity contribution in [3.63, 3.8) is 0 Å². The molecule has 0 atom stereocenters. The minimum atomic E-state index is 0.328. The van der Waals surface area contributed by atoms with Gasteiger partial charge in [0.15, 0.2) is 0 Å². The number of thiophene rings is 1. The van der Waals surface area contributed by atoms with Crippen LogP contribution >= 0.6 is 11.3 Å². The molecule has 1 fully saturated rings. The number of nitrogens with two attached hydrogens (primary N) is 1. The topological polar surface area (TPSA) is 26.0 Å². The summed E-state index contributed by atoms with van der Waals surface area (Å²) in [6, 6.07) is 4.66.